The minimum absolute atomic E-state index is 0.0986. The zero-order valence-electron chi connectivity index (χ0n) is 25.0. The highest BCUT2D eigenvalue weighted by atomic mass is 35.5. The van der Waals surface area contributed by atoms with Crippen molar-refractivity contribution in [2.24, 2.45) is 0 Å². The predicted molar refractivity (Wildman–Crippen MR) is 165 cm³/mol. The van der Waals surface area contributed by atoms with E-state index in [2.05, 4.69) is 75.2 Å². The van der Waals surface area contributed by atoms with Crippen LogP contribution < -0.4 is 10.1 Å². The van der Waals surface area contributed by atoms with Crippen molar-refractivity contribution in [3.8, 4) is 17.6 Å². The zero-order chi connectivity index (χ0) is 30.9. The molecule has 0 aliphatic carbocycles. The Morgan fingerprint density at radius 1 is 1.19 bits per heavy atom. The number of carbonyl (C=O) groups is 1. The van der Waals surface area contributed by atoms with Gasteiger partial charge in [0, 0.05) is 19.6 Å². The quantitative estimate of drug-likeness (QED) is 0.265. The fourth-order valence-electron chi connectivity index (χ4n) is 4.45. The molecule has 1 aliphatic heterocycles. The summed E-state index contributed by atoms with van der Waals surface area (Å²) >= 11 is 6.44. The number of likely N-dealkylation sites (tertiary alicyclic amines) is 1. The first-order valence-corrected chi connectivity index (χ1v) is 17.2. The van der Waals surface area contributed by atoms with Gasteiger partial charge >= 0.3 is 0 Å². The molecule has 14 heteroatoms. The first-order valence-electron chi connectivity index (χ1n) is 13.9. The summed E-state index contributed by atoms with van der Waals surface area (Å²) in [4.78, 5) is 32.8. The van der Waals surface area contributed by atoms with Crippen LogP contribution in [0.1, 0.15) is 32.0 Å². The van der Waals surface area contributed by atoms with Crippen LogP contribution in [-0.4, -0.2) is 80.7 Å². The highest BCUT2D eigenvalue weighted by Gasteiger charge is 2.42. The third kappa shape index (κ3) is 6.52. The summed E-state index contributed by atoms with van der Waals surface area (Å²) in [6.45, 7) is 14.6. The maximum atomic E-state index is 13.5. The van der Waals surface area contributed by atoms with E-state index in [0.717, 1.165) is 5.69 Å². The van der Waals surface area contributed by atoms with Crippen molar-refractivity contribution in [2.45, 2.75) is 58.0 Å². The van der Waals surface area contributed by atoms with Gasteiger partial charge in [-0.25, -0.2) is 19.6 Å². The molecule has 1 aliphatic rings. The normalized spacial score (nSPS) is 15.1. The number of ether oxygens (including phenoxy) is 1. The Morgan fingerprint density at radius 2 is 1.95 bits per heavy atom. The smallest absolute Gasteiger partial charge is 0.268 e. The molecule has 1 atom stereocenters. The average molecular weight is 620 g/mol. The van der Waals surface area contributed by atoms with Gasteiger partial charge in [0.25, 0.3) is 5.91 Å². The Hall–Kier alpha value is -3.96. The fourth-order valence-corrected chi connectivity index (χ4v) is 6.04. The largest absolute Gasteiger partial charge is 0.462 e. The molecule has 1 fully saturated rings. The predicted octanol–water partition coefficient (Wildman–Crippen LogP) is 4.53. The van der Waals surface area contributed by atoms with Gasteiger partial charge in [0.15, 0.2) is 25.9 Å². The van der Waals surface area contributed by atoms with Crippen molar-refractivity contribution >= 4 is 42.7 Å². The molecule has 224 valence electrons. The standard InChI is InChI=1S/C29H34ClN9O3Si/c1-18-11-33-24(13-32-18)37-27(40)23(16-38-14-20(15-38)42-43(5,6)29(2,3)4)41-28-21-12-36-39(26(21)34-17-35-28)25-19(10-31)8-7-9-22(25)30/h7-9,11-13,17,20,23H,14-16H2,1-6H3,(H,33,37,40). The number of nitrogens with zero attached hydrogens (tertiary/aromatic N) is 8. The number of carbonyl (C=O) groups excluding carboxylic acids is 1. The number of para-hydroxylation sites is 1. The summed E-state index contributed by atoms with van der Waals surface area (Å²) < 4.78 is 14.3. The number of nitrogens with one attached hydrogen (secondary N) is 1. The number of amides is 1. The first kappa shape index (κ1) is 30.5. The molecule has 0 bridgehead atoms. The number of hydrogen-bond donors (Lipinski definition) is 1. The van der Waals surface area contributed by atoms with Crippen molar-refractivity contribution in [3.63, 3.8) is 0 Å². The molecule has 1 unspecified atom stereocenters. The summed E-state index contributed by atoms with van der Waals surface area (Å²) in [6.07, 6.45) is 5.08. The van der Waals surface area contributed by atoms with E-state index < -0.39 is 20.3 Å². The lowest BCUT2D eigenvalue weighted by Gasteiger charge is -2.46. The average Bonchev–Trinajstić information content (AvgIpc) is 3.36. The number of benzene rings is 1. The van der Waals surface area contributed by atoms with Gasteiger partial charge in [-0.15, -0.1) is 0 Å². The second-order valence-electron chi connectivity index (χ2n) is 12.1. The van der Waals surface area contributed by atoms with Gasteiger partial charge in [-0.05, 0) is 37.2 Å². The van der Waals surface area contributed by atoms with Gasteiger partial charge in [-0.1, -0.05) is 38.4 Å². The number of anilines is 1. The molecule has 1 saturated heterocycles. The van der Waals surface area contributed by atoms with Crippen LogP contribution in [0.5, 0.6) is 5.88 Å². The topological polar surface area (TPSA) is 144 Å². The van der Waals surface area contributed by atoms with Crippen molar-refractivity contribution in [2.75, 3.05) is 25.0 Å². The zero-order valence-corrected chi connectivity index (χ0v) is 26.8. The van der Waals surface area contributed by atoms with E-state index in [4.69, 9.17) is 20.8 Å². The van der Waals surface area contributed by atoms with E-state index in [1.165, 1.54) is 23.4 Å². The third-order valence-electron chi connectivity index (χ3n) is 7.84. The number of aryl methyl sites for hydroxylation is 1. The van der Waals surface area contributed by atoms with Gasteiger partial charge in [0.1, 0.15) is 23.5 Å². The Kier molecular flexibility index (Phi) is 8.48. The summed E-state index contributed by atoms with van der Waals surface area (Å²) in [5.74, 6) is 0.0887. The summed E-state index contributed by atoms with van der Waals surface area (Å²) in [6, 6.07) is 7.16. The van der Waals surface area contributed by atoms with E-state index in [0.29, 0.717) is 52.8 Å². The monoisotopic (exact) mass is 619 g/mol. The van der Waals surface area contributed by atoms with E-state index in [9.17, 15) is 10.1 Å². The van der Waals surface area contributed by atoms with Crippen LogP contribution in [0.25, 0.3) is 16.7 Å². The fraction of sp³-hybridized carbons (Fsp3) is 0.414. The van der Waals surface area contributed by atoms with Crippen molar-refractivity contribution in [3.05, 3.63) is 59.4 Å². The maximum absolute atomic E-state index is 13.5. The van der Waals surface area contributed by atoms with Gasteiger partial charge in [-0.3, -0.25) is 14.7 Å². The van der Waals surface area contributed by atoms with Gasteiger partial charge in [0.05, 0.1) is 41.0 Å². The number of fused-ring (bicyclic) bond motifs is 1. The molecule has 4 aromatic rings. The molecule has 4 heterocycles. The first-order chi connectivity index (χ1) is 20.4. The van der Waals surface area contributed by atoms with Crippen molar-refractivity contribution in [1.29, 1.82) is 5.26 Å². The molecule has 1 amide bonds. The highest BCUT2D eigenvalue weighted by Crippen LogP contribution is 2.38. The molecule has 0 radical (unpaired) electrons. The second kappa shape index (κ2) is 12.0. The molecule has 1 aromatic carbocycles. The summed E-state index contributed by atoms with van der Waals surface area (Å²) in [5.41, 5.74) is 1.84. The lowest BCUT2D eigenvalue weighted by molar-refractivity contribution is -0.125. The minimum Gasteiger partial charge on any atom is -0.462 e. The van der Waals surface area contributed by atoms with E-state index >= 15 is 0 Å². The number of nitriles is 1. The van der Waals surface area contributed by atoms with Crippen LogP contribution in [0.2, 0.25) is 23.2 Å². The molecule has 43 heavy (non-hydrogen) atoms. The van der Waals surface area contributed by atoms with Crippen LogP contribution in [0.4, 0.5) is 5.82 Å². The van der Waals surface area contributed by atoms with E-state index in [1.807, 2.05) is 6.92 Å². The second-order valence-corrected chi connectivity index (χ2v) is 17.2. The molecule has 3 aromatic heterocycles. The number of hydrogen-bond acceptors (Lipinski definition) is 10. The van der Waals surface area contributed by atoms with Gasteiger partial charge in [0.2, 0.25) is 5.88 Å². The molecule has 0 saturated carbocycles. The van der Waals surface area contributed by atoms with Crippen LogP contribution in [-0.2, 0) is 9.22 Å². The minimum atomic E-state index is -1.92. The molecule has 0 spiro atoms. The van der Waals surface area contributed by atoms with Crippen LogP contribution in [0, 0.1) is 18.3 Å². The van der Waals surface area contributed by atoms with Crippen LogP contribution >= 0.6 is 11.6 Å². The van der Waals surface area contributed by atoms with Crippen LogP contribution in [0.3, 0.4) is 0 Å². The number of aromatic nitrogens is 6. The van der Waals surface area contributed by atoms with Crippen molar-refractivity contribution < 1.29 is 14.0 Å². The molecule has 5 rings (SSSR count). The van der Waals surface area contributed by atoms with Crippen LogP contribution in [0.15, 0.2) is 43.1 Å². The van der Waals surface area contributed by atoms with E-state index in [-0.39, 0.29) is 17.0 Å². The van der Waals surface area contributed by atoms with Crippen molar-refractivity contribution in [1.82, 2.24) is 34.6 Å². The Morgan fingerprint density at radius 3 is 2.63 bits per heavy atom. The SMILES string of the molecule is Cc1cnc(NC(=O)C(CN2CC(O[Si](C)(C)C(C)(C)C)C2)Oc2ncnc3c2cnn3-c2c(Cl)cccc2C#N)cn1. The Balaban J connectivity index is 1.39. The summed E-state index contributed by atoms with van der Waals surface area (Å²) in [5, 5.41) is 17.8. The third-order valence-corrected chi connectivity index (χ3v) is 12.7. The Labute approximate surface area is 256 Å². The summed E-state index contributed by atoms with van der Waals surface area (Å²) in [7, 11) is -1.92. The lowest BCUT2D eigenvalue weighted by atomic mass is 10.1. The molecule has 1 N–H and O–H groups in total. The highest BCUT2D eigenvalue weighted by molar-refractivity contribution is 6.74. The number of rotatable bonds is 9. The lowest BCUT2D eigenvalue weighted by Crippen LogP contribution is -2.60. The molecule has 12 nitrogen and oxygen atoms in total. The number of halogens is 1. The molecular formula is C29H34ClN9O3Si. The van der Waals surface area contributed by atoms with E-state index in [1.54, 1.807) is 24.4 Å². The Bertz CT molecular complexity index is 1680. The maximum Gasteiger partial charge on any atom is 0.268 e. The molecular weight excluding hydrogens is 586 g/mol. The van der Waals surface area contributed by atoms with Gasteiger partial charge in [-0.2, -0.15) is 10.4 Å². The van der Waals surface area contributed by atoms with Gasteiger partial charge < -0.3 is 14.5 Å².